The second-order valence-corrected chi connectivity index (χ2v) is 6.50. The molecule has 0 saturated carbocycles. The van der Waals surface area contributed by atoms with Crippen LogP contribution in [-0.4, -0.2) is 69.2 Å². The van der Waals surface area contributed by atoms with E-state index in [0.29, 0.717) is 12.5 Å². The van der Waals surface area contributed by atoms with Gasteiger partial charge in [-0.25, -0.2) is 0 Å². The van der Waals surface area contributed by atoms with E-state index in [9.17, 15) is 0 Å². The van der Waals surface area contributed by atoms with Crippen LogP contribution in [0, 0.1) is 0 Å². The molecule has 0 aromatic heterocycles. The number of hydrogen-bond donors (Lipinski definition) is 0. The number of rotatable bonds is 9. The van der Waals surface area contributed by atoms with E-state index in [4.69, 9.17) is 21.1 Å². The molecular weight excluding hydrogens is 312 g/mol. The SMILES string of the molecule is COc1cc(CCCN2CCN(C)CC2)ccc1OCCCCl. The third-order valence-corrected chi connectivity index (χ3v) is 4.57. The molecule has 2 rings (SSSR count). The molecule has 0 amide bonds. The topological polar surface area (TPSA) is 24.9 Å². The lowest BCUT2D eigenvalue weighted by Gasteiger charge is -2.32. The van der Waals surface area contributed by atoms with E-state index < -0.39 is 0 Å². The second kappa shape index (κ2) is 10.0. The highest BCUT2D eigenvalue weighted by molar-refractivity contribution is 6.17. The molecule has 1 aliphatic heterocycles. The van der Waals surface area contributed by atoms with Gasteiger partial charge in [-0.3, -0.25) is 0 Å². The number of likely N-dealkylation sites (N-methyl/N-ethyl adjacent to an activating group) is 1. The molecule has 1 aliphatic rings. The van der Waals surface area contributed by atoms with Crippen molar-refractivity contribution in [3.63, 3.8) is 0 Å². The zero-order chi connectivity index (χ0) is 16.5. The van der Waals surface area contributed by atoms with Crippen molar-refractivity contribution in [3.8, 4) is 11.5 Å². The van der Waals surface area contributed by atoms with Crippen molar-refractivity contribution >= 4 is 11.6 Å². The molecule has 0 spiro atoms. The lowest BCUT2D eigenvalue weighted by atomic mass is 10.1. The van der Waals surface area contributed by atoms with Gasteiger partial charge in [-0.15, -0.1) is 11.6 Å². The Hall–Kier alpha value is -0.970. The van der Waals surface area contributed by atoms with Crippen molar-refractivity contribution in [1.82, 2.24) is 9.80 Å². The maximum absolute atomic E-state index is 5.71. The summed E-state index contributed by atoms with van der Waals surface area (Å²) in [5.41, 5.74) is 1.31. The summed E-state index contributed by atoms with van der Waals surface area (Å²) in [6.07, 6.45) is 3.10. The first-order valence-electron chi connectivity index (χ1n) is 8.49. The standard InChI is InChI=1S/C18H29ClN2O2/c1-20-10-12-21(13-11-20)9-3-5-16-6-7-17(18(15-16)22-2)23-14-4-8-19/h6-7,15H,3-5,8-14H2,1-2H3. The molecule has 1 aromatic rings. The Morgan fingerprint density at radius 3 is 2.57 bits per heavy atom. The highest BCUT2D eigenvalue weighted by atomic mass is 35.5. The number of nitrogens with zero attached hydrogens (tertiary/aromatic N) is 2. The first-order chi connectivity index (χ1) is 11.2. The third-order valence-electron chi connectivity index (χ3n) is 4.30. The minimum atomic E-state index is 0.618. The monoisotopic (exact) mass is 340 g/mol. The molecular formula is C18H29ClN2O2. The predicted octanol–water partition coefficient (Wildman–Crippen LogP) is 2.88. The quantitative estimate of drug-likeness (QED) is 0.510. The normalized spacial score (nSPS) is 16.5. The van der Waals surface area contributed by atoms with Crippen molar-refractivity contribution in [2.75, 3.05) is 59.4 Å². The Balaban J connectivity index is 1.78. The lowest BCUT2D eigenvalue weighted by molar-refractivity contribution is 0.153. The van der Waals surface area contributed by atoms with Gasteiger partial charge in [-0.2, -0.15) is 0 Å². The number of hydrogen-bond acceptors (Lipinski definition) is 4. The van der Waals surface area contributed by atoms with Gasteiger partial charge in [0, 0.05) is 32.1 Å². The fourth-order valence-corrected chi connectivity index (χ4v) is 2.91. The van der Waals surface area contributed by atoms with Gasteiger partial charge in [0.05, 0.1) is 13.7 Å². The molecule has 0 N–H and O–H groups in total. The molecule has 5 heteroatoms. The van der Waals surface area contributed by atoms with Crippen molar-refractivity contribution in [3.05, 3.63) is 23.8 Å². The van der Waals surface area contributed by atoms with Gasteiger partial charge in [-0.05, 0) is 50.6 Å². The number of methoxy groups -OCH3 is 1. The lowest BCUT2D eigenvalue weighted by Crippen LogP contribution is -2.44. The van der Waals surface area contributed by atoms with Gasteiger partial charge in [-0.1, -0.05) is 6.07 Å². The number of aryl methyl sites for hydroxylation is 1. The van der Waals surface area contributed by atoms with Crippen molar-refractivity contribution in [2.24, 2.45) is 0 Å². The fourth-order valence-electron chi connectivity index (χ4n) is 2.80. The van der Waals surface area contributed by atoms with Crippen molar-refractivity contribution in [2.45, 2.75) is 19.3 Å². The molecule has 23 heavy (non-hydrogen) atoms. The molecule has 0 unspecified atom stereocenters. The predicted molar refractivity (Wildman–Crippen MR) is 96.1 cm³/mol. The van der Waals surface area contributed by atoms with Crippen LogP contribution in [0.3, 0.4) is 0 Å². The number of piperazine rings is 1. The molecule has 1 heterocycles. The summed E-state index contributed by atoms with van der Waals surface area (Å²) in [6, 6.07) is 6.25. The first kappa shape index (κ1) is 18.4. The number of ether oxygens (including phenoxy) is 2. The second-order valence-electron chi connectivity index (χ2n) is 6.12. The summed E-state index contributed by atoms with van der Waals surface area (Å²) < 4.78 is 11.2. The summed E-state index contributed by atoms with van der Waals surface area (Å²) >= 11 is 5.68. The molecule has 1 aromatic carbocycles. The Labute approximate surface area is 145 Å². The van der Waals surface area contributed by atoms with E-state index in [-0.39, 0.29) is 0 Å². The minimum Gasteiger partial charge on any atom is -0.493 e. The molecule has 4 nitrogen and oxygen atoms in total. The Bertz CT molecular complexity index is 462. The highest BCUT2D eigenvalue weighted by Crippen LogP contribution is 2.28. The smallest absolute Gasteiger partial charge is 0.161 e. The maximum Gasteiger partial charge on any atom is 0.161 e. The average molecular weight is 341 g/mol. The Morgan fingerprint density at radius 2 is 1.87 bits per heavy atom. The molecule has 1 fully saturated rings. The van der Waals surface area contributed by atoms with Crippen LogP contribution in [0.5, 0.6) is 11.5 Å². The number of halogens is 1. The van der Waals surface area contributed by atoms with Crippen LogP contribution in [0.4, 0.5) is 0 Å². The van der Waals surface area contributed by atoms with Crippen molar-refractivity contribution in [1.29, 1.82) is 0 Å². The van der Waals surface area contributed by atoms with Gasteiger partial charge in [0.25, 0.3) is 0 Å². The highest BCUT2D eigenvalue weighted by Gasteiger charge is 2.13. The van der Waals surface area contributed by atoms with Gasteiger partial charge in [0.2, 0.25) is 0 Å². The van der Waals surface area contributed by atoms with Crippen LogP contribution >= 0.6 is 11.6 Å². The van der Waals surface area contributed by atoms with Gasteiger partial charge in [0.15, 0.2) is 11.5 Å². The van der Waals surface area contributed by atoms with Gasteiger partial charge in [0.1, 0.15) is 0 Å². The fraction of sp³-hybridized carbons (Fsp3) is 0.667. The minimum absolute atomic E-state index is 0.618. The maximum atomic E-state index is 5.71. The van der Waals surface area contributed by atoms with E-state index in [1.165, 1.54) is 44.7 Å². The zero-order valence-electron chi connectivity index (χ0n) is 14.4. The molecule has 0 atom stereocenters. The van der Waals surface area contributed by atoms with Crippen LogP contribution in [0.25, 0.3) is 0 Å². The largest absolute Gasteiger partial charge is 0.493 e. The van der Waals surface area contributed by atoms with E-state index in [1.54, 1.807) is 7.11 Å². The molecule has 0 radical (unpaired) electrons. The summed E-state index contributed by atoms with van der Waals surface area (Å²) in [7, 11) is 3.89. The number of alkyl halides is 1. The molecule has 0 aliphatic carbocycles. The van der Waals surface area contributed by atoms with Gasteiger partial charge < -0.3 is 19.3 Å². The van der Waals surface area contributed by atoms with Crippen LogP contribution < -0.4 is 9.47 Å². The summed E-state index contributed by atoms with van der Waals surface area (Å²) in [5, 5.41) is 0. The van der Waals surface area contributed by atoms with E-state index in [1.807, 2.05) is 6.07 Å². The molecule has 130 valence electrons. The summed E-state index contributed by atoms with van der Waals surface area (Å²) in [6.45, 7) is 6.54. The van der Waals surface area contributed by atoms with E-state index in [0.717, 1.165) is 24.3 Å². The Morgan fingerprint density at radius 1 is 1.09 bits per heavy atom. The Kier molecular flexibility index (Phi) is 8.00. The van der Waals surface area contributed by atoms with Crippen LogP contribution in [-0.2, 0) is 6.42 Å². The third kappa shape index (κ3) is 6.21. The molecule has 0 bridgehead atoms. The zero-order valence-corrected chi connectivity index (χ0v) is 15.1. The van der Waals surface area contributed by atoms with Crippen LogP contribution in [0.2, 0.25) is 0 Å². The van der Waals surface area contributed by atoms with Crippen LogP contribution in [0.1, 0.15) is 18.4 Å². The molecule has 1 saturated heterocycles. The summed E-state index contributed by atoms with van der Waals surface area (Å²) in [5.74, 6) is 2.24. The van der Waals surface area contributed by atoms with Gasteiger partial charge >= 0.3 is 0 Å². The van der Waals surface area contributed by atoms with Crippen molar-refractivity contribution < 1.29 is 9.47 Å². The average Bonchev–Trinajstić information content (AvgIpc) is 2.58. The summed E-state index contributed by atoms with van der Waals surface area (Å²) in [4.78, 5) is 4.95. The van der Waals surface area contributed by atoms with Crippen LogP contribution in [0.15, 0.2) is 18.2 Å². The van der Waals surface area contributed by atoms with E-state index >= 15 is 0 Å². The number of benzene rings is 1. The van der Waals surface area contributed by atoms with E-state index in [2.05, 4.69) is 29.0 Å². The first-order valence-corrected chi connectivity index (χ1v) is 9.03.